The van der Waals surface area contributed by atoms with Gasteiger partial charge in [0.25, 0.3) is 0 Å². The Morgan fingerprint density at radius 1 is 0.696 bits per heavy atom. The van der Waals surface area contributed by atoms with Gasteiger partial charge in [-0.25, -0.2) is 4.57 Å². The average molecular weight is 671 g/mol. The number of unbranched alkanes of at least 4 members (excludes halogenated alkanes) is 18. The number of allylic oxidation sites excluding steroid dienone is 5. The highest BCUT2D eigenvalue weighted by Gasteiger charge is 2.26. The lowest BCUT2D eigenvalue weighted by atomic mass is 10.0. The molecule has 0 aromatic carbocycles. The second kappa shape index (κ2) is 33.6. The molecular weight excluding hydrogens is 599 g/mol. The predicted molar refractivity (Wildman–Crippen MR) is 194 cm³/mol. The minimum atomic E-state index is -4.34. The minimum absolute atomic E-state index is 0.0722. The lowest BCUT2D eigenvalue weighted by Crippen LogP contribution is -2.45. The molecule has 0 fully saturated rings. The smallest absolute Gasteiger partial charge is 0.387 e. The second-order valence-corrected chi connectivity index (χ2v) is 13.9. The van der Waals surface area contributed by atoms with E-state index in [1.165, 1.54) is 89.9 Å². The van der Waals surface area contributed by atoms with Crippen LogP contribution in [-0.2, 0) is 18.4 Å². The largest absolute Gasteiger partial charge is 0.472 e. The van der Waals surface area contributed by atoms with Gasteiger partial charge in [0.15, 0.2) is 0 Å². The summed E-state index contributed by atoms with van der Waals surface area (Å²) in [4.78, 5) is 22.6. The molecule has 0 saturated heterocycles. The molecule has 0 bridgehead atoms. The topological polar surface area (TPSA) is 131 Å². The van der Waals surface area contributed by atoms with Crippen LogP contribution in [0.2, 0.25) is 0 Å². The first-order valence-electron chi connectivity index (χ1n) is 18.6. The van der Waals surface area contributed by atoms with Crippen LogP contribution in [0.1, 0.15) is 162 Å². The molecule has 0 spiro atoms. The summed E-state index contributed by atoms with van der Waals surface area (Å²) in [5, 5.41) is 13.6. The van der Waals surface area contributed by atoms with Crippen molar-refractivity contribution in [1.82, 2.24) is 5.32 Å². The van der Waals surface area contributed by atoms with Crippen LogP contribution in [0.5, 0.6) is 0 Å². The van der Waals surface area contributed by atoms with Gasteiger partial charge in [-0.3, -0.25) is 13.8 Å². The number of carbonyl (C=O) groups excluding carboxylic acids is 1. The fourth-order valence-electron chi connectivity index (χ4n) is 5.10. The van der Waals surface area contributed by atoms with E-state index in [0.29, 0.717) is 6.42 Å². The van der Waals surface area contributed by atoms with Gasteiger partial charge in [0.1, 0.15) is 0 Å². The number of amides is 1. The molecule has 1 amide bonds. The monoisotopic (exact) mass is 671 g/mol. The second-order valence-electron chi connectivity index (χ2n) is 12.4. The maximum atomic E-state index is 12.7. The highest BCUT2D eigenvalue weighted by Crippen LogP contribution is 2.43. The summed E-state index contributed by atoms with van der Waals surface area (Å²) in [6, 6.07) is -0.878. The molecule has 0 saturated carbocycles. The van der Waals surface area contributed by atoms with Crippen LogP contribution in [-0.4, -0.2) is 47.8 Å². The van der Waals surface area contributed by atoms with E-state index in [9.17, 15) is 19.4 Å². The van der Waals surface area contributed by atoms with E-state index >= 15 is 0 Å². The first-order chi connectivity index (χ1) is 22.4. The molecule has 3 atom stereocenters. The van der Waals surface area contributed by atoms with Crippen molar-refractivity contribution in [3.8, 4) is 0 Å². The van der Waals surface area contributed by atoms with Gasteiger partial charge in [0.05, 0.1) is 25.4 Å². The molecule has 9 heteroatoms. The Kier molecular flexibility index (Phi) is 32.7. The van der Waals surface area contributed by atoms with Gasteiger partial charge in [0.2, 0.25) is 5.91 Å². The van der Waals surface area contributed by atoms with Crippen LogP contribution < -0.4 is 11.1 Å². The van der Waals surface area contributed by atoms with Crippen LogP contribution in [0.25, 0.3) is 0 Å². The van der Waals surface area contributed by atoms with Crippen LogP contribution in [0.15, 0.2) is 36.5 Å². The standard InChI is InChI=1S/C37H71N2O6P/c1-3-5-7-9-11-13-15-17-19-21-23-25-27-29-31-37(41)39-35(34-45-46(42,43)44-33-32-38)36(40)30-28-26-24-22-20-18-16-14-12-10-8-6-4-2/h12,14,20,22,28,30,35-36,40H,3-11,13,15-19,21,23-27,29,31-34,38H2,1-2H3,(H,39,41)(H,42,43)/b14-12+,22-20+,30-28+. The maximum absolute atomic E-state index is 12.7. The first kappa shape index (κ1) is 44.7. The predicted octanol–water partition coefficient (Wildman–Crippen LogP) is 9.61. The lowest BCUT2D eigenvalue weighted by Gasteiger charge is -2.23. The number of nitrogens with two attached hydrogens (primary N) is 1. The zero-order chi connectivity index (χ0) is 34.0. The molecule has 0 aliphatic rings. The SMILES string of the molecule is CCCCC/C=C/CC/C=C/CC/C=C/C(O)C(COP(=O)(O)OCCN)NC(=O)CCCCCCCCCCCCCCCC. The minimum Gasteiger partial charge on any atom is -0.387 e. The average Bonchev–Trinajstić information content (AvgIpc) is 3.04. The number of aliphatic hydroxyl groups is 1. The third kappa shape index (κ3) is 31.3. The van der Waals surface area contributed by atoms with Gasteiger partial charge >= 0.3 is 7.82 Å². The van der Waals surface area contributed by atoms with Crippen molar-refractivity contribution in [2.45, 2.75) is 174 Å². The van der Waals surface area contributed by atoms with E-state index in [2.05, 4.69) is 43.5 Å². The molecule has 0 heterocycles. The van der Waals surface area contributed by atoms with Crippen molar-refractivity contribution < 1.29 is 28.4 Å². The summed E-state index contributed by atoms with van der Waals surface area (Å²) in [6.07, 6.45) is 37.6. The number of hydrogen-bond donors (Lipinski definition) is 4. The zero-order valence-corrected chi connectivity index (χ0v) is 30.4. The first-order valence-corrected chi connectivity index (χ1v) is 20.1. The molecule has 0 aromatic heterocycles. The number of carbonyl (C=O) groups is 1. The third-order valence-electron chi connectivity index (χ3n) is 7.95. The number of hydrogen-bond acceptors (Lipinski definition) is 6. The van der Waals surface area contributed by atoms with E-state index in [-0.39, 0.29) is 25.7 Å². The lowest BCUT2D eigenvalue weighted by molar-refractivity contribution is -0.123. The summed E-state index contributed by atoms with van der Waals surface area (Å²) in [5.41, 5.74) is 5.35. The Morgan fingerprint density at radius 2 is 1.15 bits per heavy atom. The molecule has 8 nitrogen and oxygen atoms in total. The third-order valence-corrected chi connectivity index (χ3v) is 8.93. The fraction of sp³-hybridized carbons (Fsp3) is 0.811. The highest BCUT2D eigenvalue weighted by atomic mass is 31.2. The van der Waals surface area contributed by atoms with Crippen molar-refractivity contribution in [3.05, 3.63) is 36.5 Å². The molecule has 270 valence electrons. The van der Waals surface area contributed by atoms with Crippen LogP contribution >= 0.6 is 7.82 Å². The number of nitrogens with one attached hydrogen (secondary N) is 1. The molecule has 0 aliphatic heterocycles. The number of aliphatic hydroxyl groups excluding tert-OH is 1. The molecule has 0 rings (SSSR count). The Labute approximate surface area is 282 Å². The van der Waals surface area contributed by atoms with Crippen LogP contribution in [0.3, 0.4) is 0 Å². The molecule has 3 unspecified atom stereocenters. The van der Waals surface area contributed by atoms with Crippen molar-refractivity contribution in [2.75, 3.05) is 19.8 Å². The fourth-order valence-corrected chi connectivity index (χ4v) is 5.86. The summed E-state index contributed by atoms with van der Waals surface area (Å²) in [7, 11) is -4.34. The van der Waals surface area contributed by atoms with Crippen molar-refractivity contribution in [1.29, 1.82) is 0 Å². The van der Waals surface area contributed by atoms with Crippen molar-refractivity contribution >= 4 is 13.7 Å². The summed E-state index contributed by atoms with van der Waals surface area (Å²) < 4.78 is 22.0. The van der Waals surface area contributed by atoms with Crippen LogP contribution in [0.4, 0.5) is 0 Å². The van der Waals surface area contributed by atoms with Crippen LogP contribution in [0, 0.1) is 0 Å². The number of phosphoric ester groups is 1. The molecule has 0 radical (unpaired) electrons. The van der Waals surface area contributed by atoms with Gasteiger partial charge in [-0.05, 0) is 44.9 Å². The van der Waals surface area contributed by atoms with Crippen molar-refractivity contribution in [3.63, 3.8) is 0 Å². The van der Waals surface area contributed by atoms with Gasteiger partial charge in [0, 0.05) is 13.0 Å². The van der Waals surface area contributed by atoms with E-state index in [4.69, 9.17) is 14.8 Å². The summed E-state index contributed by atoms with van der Waals surface area (Å²) in [6.45, 7) is 4.05. The maximum Gasteiger partial charge on any atom is 0.472 e. The molecule has 0 aliphatic carbocycles. The normalized spacial score (nSPS) is 14.8. The van der Waals surface area contributed by atoms with Crippen molar-refractivity contribution in [2.24, 2.45) is 5.73 Å². The Bertz CT molecular complexity index is 820. The summed E-state index contributed by atoms with van der Waals surface area (Å²) >= 11 is 0. The van der Waals surface area contributed by atoms with Gasteiger partial charge in [-0.2, -0.15) is 0 Å². The van der Waals surface area contributed by atoms with E-state index in [0.717, 1.165) is 51.4 Å². The van der Waals surface area contributed by atoms with Gasteiger partial charge in [-0.15, -0.1) is 0 Å². The van der Waals surface area contributed by atoms with E-state index < -0.39 is 20.0 Å². The Morgan fingerprint density at radius 3 is 1.67 bits per heavy atom. The molecule has 0 aromatic rings. The Hall–Kier alpha value is -1.28. The number of phosphoric acid groups is 1. The Balaban J connectivity index is 4.39. The number of rotatable bonds is 34. The quantitative estimate of drug-likeness (QED) is 0.0305. The highest BCUT2D eigenvalue weighted by molar-refractivity contribution is 7.47. The van der Waals surface area contributed by atoms with E-state index in [1.54, 1.807) is 6.08 Å². The van der Waals surface area contributed by atoms with E-state index in [1.807, 2.05) is 6.08 Å². The summed E-state index contributed by atoms with van der Waals surface area (Å²) in [5.74, 6) is -0.210. The molecule has 5 N–H and O–H groups in total. The molecule has 46 heavy (non-hydrogen) atoms. The molecular formula is C37H71N2O6P. The zero-order valence-electron chi connectivity index (χ0n) is 29.6. The van der Waals surface area contributed by atoms with Gasteiger partial charge < -0.3 is 21.1 Å². The van der Waals surface area contributed by atoms with Gasteiger partial charge in [-0.1, -0.05) is 147 Å².